The number of esters is 1. The van der Waals surface area contributed by atoms with Gasteiger partial charge in [0.2, 0.25) is 0 Å². The van der Waals surface area contributed by atoms with Crippen LogP contribution < -0.4 is 5.32 Å². The number of carbonyl (C=O) groups is 2. The Labute approximate surface area is 142 Å². The van der Waals surface area contributed by atoms with E-state index in [2.05, 4.69) is 5.32 Å². The van der Waals surface area contributed by atoms with E-state index >= 15 is 0 Å². The first-order valence-electron chi connectivity index (χ1n) is 8.03. The van der Waals surface area contributed by atoms with E-state index in [1.165, 1.54) is 0 Å². The maximum atomic E-state index is 11.9. The number of anilines is 1. The van der Waals surface area contributed by atoms with Gasteiger partial charge in [0.15, 0.2) is 6.61 Å². The van der Waals surface area contributed by atoms with Gasteiger partial charge in [0.05, 0.1) is 6.42 Å². The van der Waals surface area contributed by atoms with Crippen LogP contribution in [-0.2, 0) is 14.3 Å². The zero-order chi connectivity index (χ0) is 17.5. The third-order valence-corrected chi connectivity index (χ3v) is 3.87. The molecule has 0 saturated heterocycles. The van der Waals surface area contributed by atoms with Gasteiger partial charge in [-0.15, -0.1) is 0 Å². The molecule has 0 aliphatic rings. The number of hydrogen-bond acceptors (Lipinski definition) is 3. The van der Waals surface area contributed by atoms with E-state index in [4.69, 9.17) is 4.74 Å². The van der Waals surface area contributed by atoms with Crippen molar-refractivity contribution in [3.05, 3.63) is 65.2 Å². The normalized spacial score (nSPS) is 11.6. The molecule has 0 aliphatic heterocycles. The molecular formula is C20H23NO3. The first kappa shape index (κ1) is 17.7. The lowest BCUT2D eigenvalue weighted by Gasteiger charge is -2.12. The summed E-state index contributed by atoms with van der Waals surface area (Å²) >= 11 is 0. The van der Waals surface area contributed by atoms with Gasteiger partial charge in [0, 0.05) is 5.69 Å². The molecule has 0 aliphatic carbocycles. The smallest absolute Gasteiger partial charge is 0.306 e. The number of carbonyl (C=O) groups excluding carboxylic acids is 2. The second-order valence-electron chi connectivity index (χ2n) is 6.04. The van der Waals surface area contributed by atoms with Crippen molar-refractivity contribution >= 4 is 17.6 Å². The highest BCUT2D eigenvalue weighted by Crippen LogP contribution is 2.19. The standard InChI is InChI=1S/C20H23NO3/c1-14-9-10-15(2)18(11-14)21-19(22)13-24-20(23)12-16(3)17-7-5-4-6-8-17/h4-11,16H,12-13H2,1-3H3,(H,21,22)/t16-/m1/s1. The second-order valence-corrected chi connectivity index (χ2v) is 6.04. The van der Waals surface area contributed by atoms with Crippen molar-refractivity contribution in [1.29, 1.82) is 0 Å². The molecule has 0 bridgehead atoms. The summed E-state index contributed by atoms with van der Waals surface area (Å²) < 4.78 is 5.09. The molecule has 0 fully saturated rings. The lowest BCUT2D eigenvalue weighted by atomic mass is 9.98. The van der Waals surface area contributed by atoms with Crippen LogP contribution in [0.2, 0.25) is 0 Å². The van der Waals surface area contributed by atoms with E-state index < -0.39 is 0 Å². The molecule has 0 heterocycles. The average Bonchev–Trinajstić information content (AvgIpc) is 2.57. The maximum Gasteiger partial charge on any atom is 0.306 e. The number of hydrogen-bond donors (Lipinski definition) is 1. The van der Waals surface area contributed by atoms with E-state index in [9.17, 15) is 9.59 Å². The van der Waals surface area contributed by atoms with Crippen LogP contribution in [-0.4, -0.2) is 18.5 Å². The number of rotatable bonds is 6. The van der Waals surface area contributed by atoms with Gasteiger partial charge in [-0.1, -0.05) is 49.4 Å². The molecule has 0 saturated carbocycles. The summed E-state index contributed by atoms with van der Waals surface area (Å²) in [5.41, 5.74) is 3.85. The highest BCUT2D eigenvalue weighted by Gasteiger charge is 2.14. The zero-order valence-electron chi connectivity index (χ0n) is 14.3. The number of nitrogens with one attached hydrogen (secondary N) is 1. The number of amides is 1. The number of benzene rings is 2. The summed E-state index contributed by atoms with van der Waals surface area (Å²) in [4.78, 5) is 23.9. The number of aryl methyl sites for hydroxylation is 2. The molecule has 24 heavy (non-hydrogen) atoms. The van der Waals surface area contributed by atoms with Crippen molar-refractivity contribution in [3.8, 4) is 0 Å². The molecule has 0 radical (unpaired) electrons. The van der Waals surface area contributed by atoms with E-state index in [1.54, 1.807) is 0 Å². The Morgan fingerprint density at radius 3 is 2.50 bits per heavy atom. The van der Waals surface area contributed by atoms with Crippen LogP contribution in [0.3, 0.4) is 0 Å². The van der Waals surface area contributed by atoms with Crippen LogP contribution in [0.1, 0.15) is 36.0 Å². The Balaban J connectivity index is 1.81. The van der Waals surface area contributed by atoms with E-state index in [-0.39, 0.29) is 30.8 Å². The molecule has 4 heteroatoms. The maximum absolute atomic E-state index is 11.9. The highest BCUT2D eigenvalue weighted by atomic mass is 16.5. The molecular weight excluding hydrogens is 302 g/mol. The molecule has 2 aromatic carbocycles. The predicted octanol–water partition coefficient (Wildman–Crippen LogP) is 3.98. The van der Waals surface area contributed by atoms with Gasteiger partial charge in [0.25, 0.3) is 5.91 Å². The zero-order valence-corrected chi connectivity index (χ0v) is 14.3. The number of ether oxygens (including phenoxy) is 1. The summed E-state index contributed by atoms with van der Waals surface area (Å²) in [5, 5.41) is 2.78. The fraction of sp³-hybridized carbons (Fsp3) is 0.300. The van der Waals surface area contributed by atoms with Crippen LogP contribution in [0.15, 0.2) is 48.5 Å². The Morgan fingerprint density at radius 2 is 1.79 bits per heavy atom. The van der Waals surface area contributed by atoms with Crippen LogP contribution in [0.25, 0.3) is 0 Å². The Morgan fingerprint density at radius 1 is 1.08 bits per heavy atom. The molecule has 0 aromatic heterocycles. The lowest BCUT2D eigenvalue weighted by Crippen LogP contribution is -2.22. The van der Waals surface area contributed by atoms with Crippen molar-refractivity contribution in [1.82, 2.24) is 0 Å². The fourth-order valence-electron chi connectivity index (χ4n) is 2.41. The largest absolute Gasteiger partial charge is 0.456 e. The van der Waals surface area contributed by atoms with Crippen LogP contribution >= 0.6 is 0 Å². The van der Waals surface area contributed by atoms with Crippen molar-refractivity contribution in [2.45, 2.75) is 33.1 Å². The van der Waals surface area contributed by atoms with Crippen molar-refractivity contribution in [3.63, 3.8) is 0 Å². The van der Waals surface area contributed by atoms with Gasteiger partial charge in [-0.2, -0.15) is 0 Å². The molecule has 2 rings (SSSR count). The summed E-state index contributed by atoms with van der Waals surface area (Å²) in [7, 11) is 0. The van der Waals surface area contributed by atoms with Gasteiger partial charge >= 0.3 is 5.97 Å². The molecule has 4 nitrogen and oxygen atoms in total. The van der Waals surface area contributed by atoms with Crippen molar-refractivity contribution in [2.75, 3.05) is 11.9 Å². The van der Waals surface area contributed by atoms with Gasteiger partial charge in [-0.05, 0) is 42.5 Å². The summed E-state index contributed by atoms with van der Waals surface area (Å²) in [6.07, 6.45) is 0.251. The third-order valence-electron chi connectivity index (χ3n) is 3.87. The predicted molar refractivity (Wildman–Crippen MR) is 95.0 cm³/mol. The van der Waals surface area contributed by atoms with Gasteiger partial charge in [-0.25, -0.2) is 0 Å². The summed E-state index contributed by atoms with van der Waals surface area (Å²) in [6.45, 7) is 5.57. The topological polar surface area (TPSA) is 55.4 Å². The van der Waals surface area contributed by atoms with Crippen LogP contribution in [0.4, 0.5) is 5.69 Å². The minimum atomic E-state index is -0.373. The molecule has 126 valence electrons. The van der Waals surface area contributed by atoms with Crippen molar-refractivity contribution < 1.29 is 14.3 Å². The molecule has 1 amide bonds. The fourth-order valence-corrected chi connectivity index (χ4v) is 2.41. The van der Waals surface area contributed by atoms with Crippen LogP contribution in [0, 0.1) is 13.8 Å². The summed E-state index contributed by atoms with van der Waals surface area (Å²) in [5.74, 6) is -0.646. The van der Waals surface area contributed by atoms with Crippen molar-refractivity contribution in [2.24, 2.45) is 0 Å². The van der Waals surface area contributed by atoms with E-state index in [1.807, 2.05) is 69.3 Å². The van der Waals surface area contributed by atoms with Gasteiger partial charge < -0.3 is 10.1 Å². The first-order chi connectivity index (χ1) is 11.5. The minimum Gasteiger partial charge on any atom is -0.456 e. The minimum absolute atomic E-state index is 0.0563. The summed E-state index contributed by atoms with van der Waals surface area (Å²) in [6, 6.07) is 15.6. The quantitative estimate of drug-likeness (QED) is 0.817. The lowest BCUT2D eigenvalue weighted by molar-refractivity contribution is -0.147. The third kappa shape index (κ3) is 5.23. The highest BCUT2D eigenvalue weighted by molar-refractivity contribution is 5.93. The molecule has 2 aromatic rings. The van der Waals surface area contributed by atoms with Gasteiger partial charge in [0.1, 0.15) is 0 Å². The van der Waals surface area contributed by atoms with E-state index in [0.29, 0.717) is 0 Å². The Kier molecular flexibility index (Phi) is 6.13. The molecule has 1 atom stereocenters. The first-order valence-corrected chi connectivity index (χ1v) is 8.03. The monoisotopic (exact) mass is 325 g/mol. The molecule has 0 spiro atoms. The average molecular weight is 325 g/mol. The van der Waals surface area contributed by atoms with Gasteiger partial charge in [-0.3, -0.25) is 9.59 Å². The van der Waals surface area contributed by atoms with E-state index in [0.717, 1.165) is 22.4 Å². The SMILES string of the molecule is Cc1ccc(C)c(NC(=O)COC(=O)C[C@@H](C)c2ccccc2)c1. The molecule has 0 unspecified atom stereocenters. The Bertz CT molecular complexity index is 710. The van der Waals surface area contributed by atoms with Crippen LogP contribution in [0.5, 0.6) is 0 Å². The Hall–Kier alpha value is -2.62. The second kappa shape index (κ2) is 8.29. The molecule has 1 N–H and O–H groups in total.